The first-order chi connectivity index (χ1) is 7.79. The second kappa shape index (κ2) is 3.17. The minimum Gasteiger partial charge on any atom is -0.410 e. The van der Waals surface area contributed by atoms with Gasteiger partial charge >= 0.3 is 0 Å². The molecule has 1 aromatic rings. The average Bonchev–Trinajstić information content (AvgIpc) is 2.67. The van der Waals surface area contributed by atoms with Crippen LogP contribution in [0, 0.1) is 0 Å². The van der Waals surface area contributed by atoms with Crippen molar-refractivity contribution in [2.24, 2.45) is 5.16 Å². The fraction of sp³-hybridized carbons (Fsp3) is 0. The molecule has 0 amide bonds. The van der Waals surface area contributed by atoms with Crippen molar-refractivity contribution in [1.82, 2.24) is 0 Å². The van der Waals surface area contributed by atoms with E-state index in [2.05, 4.69) is 5.16 Å². The van der Waals surface area contributed by atoms with Crippen molar-refractivity contribution >= 4 is 17.4 Å². The molecule has 1 N–H and O–H groups in total. The van der Waals surface area contributed by atoms with E-state index < -0.39 is 5.83 Å². The molecule has 0 aliphatic heterocycles. The standard InChI is InChI=1S/C13H8FNO/c14-9-6-11-10-4-2-1-3-8(10)5-12(11)13(7-9)15-16/h1-7,16H. The van der Waals surface area contributed by atoms with Crippen molar-refractivity contribution in [3.8, 4) is 0 Å². The fourth-order valence-electron chi connectivity index (χ4n) is 2.08. The van der Waals surface area contributed by atoms with Crippen molar-refractivity contribution in [2.75, 3.05) is 0 Å². The van der Waals surface area contributed by atoms with Gasteiger partial charge < -0.3 is 5.21 Å². The highest BCUT2D eigenvalue weighted by atomic mass is 19.1. The van der Waals surface area contributed by atoms with Crippen LogP contribution in [0.1, 0.15) is 11.1 Å². The van der Waals surface area contributed by atoms with E-state index in [0.29, 0.717) is 0 Å². The Kier molecular flexibility index (Phi) is 1.80. The van der Waals surface area contributed by atoms with Crippen molar-refractivity contribution in [1.29, 1.82) is 0 Å². The first kappa shape index (κ1) is 9.09. The maximum atomic E-state index is 13.3. The Bertz CT molecular complexity index is 594. The molecule has 0 radical (unpaired) electrons. The summed E-state index contributed by atoms with van der Waals surface area (Å²) in [5, 5.41) is 12.0. The van der Waals surface area contributed by atoms with Crippen molar-refractivity contribution < 1.29 is 9.60 Å². The van der Waals surface area contributed by atoms with E-state index in [0.717, 1.165) is 22.3 Å². The lowest BCUT2D eigenvalue weighted by molar-refractivity contribution is 0.320. The Morgan fingerprint density at radius 2 is 1.81 bits per heavy atom. The van der Waals surface area contributed by atoms with Gasteiger partial charge in [-0.3, -0.25) is 0 Å². The predicted octanol–water partition coefficient (Wildman–Crippen LogP) is 3.16. The van der Waals surface area contributed by atoms with E-state index in [1.807, 2.05) is 30.3 Å². The maximum Gasteiger partial charge on any atom is 0.126 e. The summed E-state index contributed by atoms with van der Waals surface area (Å²) in [6.45, 7) is 0. The minimum absolute atomic E-state index is 0.270. The average molecular weight is 213 g/mol. The zero-order valence-electron chi connectivity index (χ0n) is 8.31. The van der Waals surface area contributed by atoms with Crippen LogP contribution >= 0.6 is 0 Å². The molecule has 0 saturated heterocycles. The second-order valence-electron chi connectivity index (χ2n) is 3.72. The summed E-state index contributed by atoms with van der Waals surface area (Å²) in [6, 6.07) is 7.71. The lowest BCUT2D eigenvalue weighted by Gasteiger charge is -2.10. The van der Waals surface area contributed by atoms with Gasteiger partial charge in [0.2, 0.25) is 0 Å². The molecule has 0 spiro atoms. The number of fused-ring (bicyclic) bond motifs is 3. The number of benzene rings is 1. The highest BCUT2D eigenvalue weighted by molar-refractivity contribution is 6.26. The lowest BCUT2D eigenvalue weighted by Crippen LogP contribution is -2.03. The third-order valence-electron chi connectivity index (χ3n) is 2.78. The third-order valence-corrected chi connectivity index (χ3v) is 2.78. The molecule has 0 unspecified atom stereocenters. The molecule has 78 valence electrons. The van der Waals surface area contributed by atoms with Gasteiger partial charge in [0.15, 0.2) is 0 Å². The van der Waals surface area contributed by atoms with Crippen LogP contribution in [0.4, 0.5) is 4.39 Å². The zero-order valence-corrected chi connectivity index (χ0v) is 8.31. The SMILES string of the molecule is ON=C1C=C(F)C=C2C1=Cc1ccccc12. The van der Waals surface area contributed by atoms with E-state index in [1.54, 1.807) is 0 Å². The highest BCUT2D eigenvalue weighted by Gasteiger charge is 2.25. The summed E-state index contributed by atoms with van der Waals surface area (Å²) < 4.78 is 13.3. The van der Waals surface area contributed by atoms with Crippen LogP contribution in [-0.2, 0) is 0 Å². The Labute approximate surface area is 91.7 Å². The van der Waals surface area contributed by atoms with Gasteiger partial charge in [-0.2, -0.15) is 0 Å². The molecule has 3 heteroatoms. The number of oxime groups is 1. The van der Waals surface area contributed by atoms with Gasteiger partial charge in [-0.25, -0.2) is 4.39 Å². The van der Waals surface area contributed by atoms with Gasteiger partial charge in [-0.15, -0.1) is 0 Å². The molecule has 0 saturated carbocycles. The monoisotopic (exact) mass is 213 g/mol. The third kappa shape index (κ3) is 1.15. The Hall–Kier alpha value is -2.16. The van der Waals surface area contributed by atoms with Gasteiger partial charge in [0.25, 0.3) is 0 Å². The van der Waals surface area contributed by atoms with Gasteiger partial charge in [0.1, 0.15) is 11.5 Å². The van der Waals surface area contributed by atoms with Crippen molar-refractivity contribution in [2.45, 2.75) is 0 Å². The quantitative estimate of drug-likeness (QED) is 0.521. The number of halogens is 1. The molecule has 0 fully saturated rings. The molecule has 2 aliphatic carbocycles. The summed E-state index contributed by atoms with van der Waals surface area (Å²) in [5.41, 5.74) is 3.81. The van der Waals surface area contributed by atoms with E-state index in [1.165, 1.54) is 12.2 Å². The highest BCUT2D eigenvalue weighted by Crippen LogP contribution is 2.39. The van der Waals surface area contributed by atoms with Gasteiger partial charge in [0.05, 0.1) is 0 Å². The largest absolute Gasteiger partial charge is 0.410 e. The molecule has 3 rings (SSSR count). The molecule has 0 bridgehead atoms. The number of rotatable bonds is 0. The van der Waals surface area contributed by atoms with Crippen LogP contribution < -0.4 is 0 Å². The summed E-state index contributed by atoms with van der Waals surface area (Å²) >= 11 is 0. The van der Waals surface area contributed by atoms with Crippen LogP contribution in [0.3, 0.4) is 0 Å². The van der Waals surface area contributed by atoms with E-state index in [4.69, 9.17) is 5.21 Å². The molecular weight excluding hydrogens is 205 g/mol. The van der Waals surface area contributed by atoms with Crippen LogP contribution in [0.25, 0.3) is 11.6 Å². The summed E-state index contributed by atoms with van der Waals surface area (Å²) in [7, 11) is 0. The van der Waals surface area contributed by atoms with Crippen LogP contribution in [0.2, 0.25) is 0 Å². The molecule has 0 aromatic heterocycles. The number of hydrogen-bond donors (Lipinski definition) is 1. The van der Waals surface area contributed by atoms with E-state index in [-0.39, 0.29) is 5.71 Å². The second-order valence-corrected chi connectivity index (χ2v) is 3.72. The summed E-state index contributed by atoms with van der Waals surface area (Å²) in [5.74, 6) is -0.392. The maximum absolute atomic E-state index is 13.3. The van der Waals surface area contributed by atoms with Crippen LogP contribution in [0.15, 0.2) is 53.0 Å². The van der Waals surface area contributed by atoms with Gasteiger partial charge in [-0.05, 0) is 28.9 Å². The number of allylic oxidation sites excluding steroid dienone is 5. The molecule has 1 aromatic carbocycles. The van der Waals surface area contributed by atoms with Crippen molar-refractivity contribution in [3.63, 3.8) is 0 Å². The normalized spacial score (nSPS) is 19.8. The Balaban J connectivity index is 2.26. The van der Waals surface area contributed by atoms with Gasteiger partial charge in [0, 0.05) is 11.6 Å². The fourth-order valence-corrected chi connectivity index (χ4v) is 2.08. The topological polar surface area (TPSA) is 32.6 Å². The van der Waals surface area contributed by atoms with Crippen LogP contribution in [0.5, 0.6) is 0 Å². The first-order valence-corrected chi connectivity index (χ1v) is 4.92. The lowest BCUT2D eigenvalue weighted by atomic mass is 9.95. The molecule has 0 heterocycles. The predicted molar refractivity (Wildman–Crippen MR) is 60.8 cm³/mol. The number of nitrogens with zero attached hydrogens (tertiary/aromatic N) is 1. The summed E-state index contributed by atoms with van der Waals surface area (Å²) in [4.78, 5) is 0. The molecule has 2 nitrogen and oxygen atoms in total. The molecule has 0 atom stereocenters. The van der Waals surface area contributed by atoms with E-state index >= 15 is 0 Å². The number of hydrogen-bond acceptors (Lipinski definition) is 2. The van der Waals surface area contributed by atoms with Crippen molar-refractivity contribution in [3.05, 3.63) is 58.9 Å². The molecular formula is C13H8FNO. The van der Waals surface area contributed by atoms with Gasteiger partial charge in [-0.1, -0.05) is 29.4 Å². The Morgan fingerprint density at radius 1 is 1.00 bits per heavy atom. The minimum atomic E-state index is -0.392. The first-order valence-electron chi connectivity index (χ1n) is 4.92. The summed E-state index contributed by atoms with van der Waals surface area (Å²) in [6.07, 6.45) is 4.59. The van der Waals surface area contributed by atoms with E-state index in [9.17, 15) is 4.39 Å². The Morgan fingerprint density at radius 3 is 2.62 bits per heavy atom. The zero-order chi connectivity index (χ0) is 11.1. The smallest absolute Gasteiger partial charge is 0.126 e. The molecule has 2 aliphatic rings. The van der Waals surface area contributed by atoms with Crippen LogP contribution in [-0.4, -0.2) is 10.9 Å². The molecule has 16 heavy (non-hydrogen) atoms.